The van der Waals surface area contributed by atoms with Crippen molar-refractivity contribution in [2.45, 2.75) is 71.1 Å². The number of nitrogens with zero attached hydrogens (tertiary/aromatic N) is 1. The summed E-state index contributed by atoms with van der Waals surface area (Å²) in [5, 5.41) is 11.5. The fourth-order valence-electron chi connectivity index (χ4n) is 2.74. The highest BCUT2D eigenvalue weighted by Crippen LogP contribution is 2.25. The first-order valence-corrected chi connectivity index (χ1v) is 6.69. The molecule has 0 saturated carbocycles. The molecule has 4 atom stereocenters. The molecule has 2 N–H and O–H groups in total. The van der Waals surface area contributed by atoms with E-state index in [1.165, 1.54) is 0 Å². The Morgan fingerprint density at radius 3 is 2.22 bits per heavy atom. The highest BCUT2D eigenvalue weighted by molar-refractivity contribution is 5.86. The lowest BCUT2D eigenvalue weighted by atomic mass is 10.1. The Morgan fingerprint density at radius 1 is 1.33 bits per heavy atom. The lowest BCUT2D eigenvalue weighted by molar-refractivity contribution is -0.142. The van der Waals surface area contributed by atoms with Crippen LogP contribution in [-0.2, 0) is 9.59 Å². The van der Waals surface area contributed by atoms with Crippen molar-refractivity contribution in [2.24, 2.45) is 0 Å². The standard InChI is InChI=1S/C13H24N2O3/c1-5-11(13(17)18)14-12(16)10(4)15-8(2)6-7-9(15)3/h8-11H,5-7H2,1-4H3,(H,14,16)(H,17,18)/t8?,9?,10?,11-/m0/s1. The van der Waals surface area contributed by atoms with Crippen LogP contribution in [0.2, 0.25) is 0 Å². The third-order valence-corrected chi connectivity index (χ3v) is 3.87. The lowest BCUT2D eigenvalue weighted by Crippen LogP contribution is -2.52. The largest absolute Gasteiger partial charge is 0.480 e. The molecular weight excluding hydrogens is 232 g/mol. The van der Waals surface area contributed by atoms with E-state index in [0.717, 1.165) is 12.8 Å². The van der Waals surface area contributed by atoms with E-state index in [9.17, 15) is 9.59 Å². The Balaban J connectivity index is 2.63. The van der Waals surface area contributed by atoms with E-state index >= 15 is 0 Å². The Labute approximate surface area is 109 Å². The lowest BCUT2D eigenvalue weighted by Gasteiger charge is -2.32. The van der Waals surface area contributed by atoms with Crippen molar-refractivity contribution in [3.8, 4) is 0 Å². The number of carboxylic acid groups (broad SMARTS) is 1. The van der Waals surface area contributed by atoms with Gasteiger partial charge in [0.1, 0.15) is 6.04 Å². The average molecular weight is 256 g/mol. The summed E-state index contributed by atoms with van der Waals surface area (Å²) in [6.45, 7) is 7.83. The highest BCUT2D eigenvalue weighted by atomic mass is 16.4. The molecule has 1 aliphatic heterocycles. The number of likely N-dealkylation sites (tertiary alicyclic amines) is 1. The van der Waals surface area contributed by atoms with Gasteiger partial charge in [-0.2, -0.15) is 0 Å². The molecule has 0 spiro atoms. The van der Waals surface area contributed by atoms with Gasteiger partial charge in [-0.15, -0.1) is 0 Å². The third-order valence-electron chi connectivity index (χ3n) is 3.87. The van der Waals surface area contributed by atoms with Crippen molar-refractivity contribution in [1.82, 2.24) is 10.2 Å². The van der Waals surface area contributed by atoms with E-state index in [-0.39, 0.29) is 11.9 Å². The first-order chi connectivity index (χ1) is 8.38. The molecule has 1 rings (SSSR count). The second-order valence-electron chi connectivity index (χ2n) is 5.21. The molecule has 1 saturated heterocycles. The van der Waals surface area contributed by atoms with Crippen molar-refractivity contribution >= 4 is 11.9 Å². The van der Waals surface area contributed by atoms with Gasteiger partial charge in [0.05, 0.1) is 6.04 Å². The van der Waals surface area contributed by atoms with Crippen LogP contribution in [0, 0.1) is 0 Å². The molecule has 0 aromatic rings. The van der Waals surface area contributed by atoms with Gasteiger partial charge in [0.15, 0.2) is 0 Å². The van der Waals surface area contributed by atoms with Crippen LogP contribution < -0.4 is 5.32 Å². The van der Waals surface area contributed by atoms with Crippen molar-refractivity contribution < 1.29 is 14.7 Å². The Morgan fingerprint density at radius 2 is 1.83 bits per heavy atom. The molecule has 5 heteroatoms. The summed E-state index contributed by atoms with van der Waals surface area (Å²) in [7, 11) is 0. The summed E-state index contributed by atoms with van der Waals surface area (Å²) in [6, 6.07) is -0.296. The molecule has 0 aromatic heterocycles. The van der Waals surface area contributed by atoms with Crippen LogP contribution in [0.1, 0.15) is 47.0 Å². The molecular formula is C13H24N2O3. The smallest absolute Gasteiger partial charge is 0.326 e. The first-order valence-electron chi connectivity index (χ1n) is 6.69. The van der Waals surface area contributed by atoms with Crippen molar-refractivity contribution in [3.63, 3.8) is 0 Å². The maximum atomic E-state index is 12.1. The molecule has 0 radical (unpaired) electrons. The number of carbonyl (C=O) groups is 2. The Hall–Kier alpha value is -1.10. The van der Waals surface area contributed by atoms with Gasteiger partial charge in [-0.25, -0.2) is 4.79 Å². The van der Waals surface area contributed by atoms with Gasteiger partial charge < -0.3 is 10.4 Å². The minimum atomic E-state index is -0.972. The van der Waals surface area contributed by atoms with E-state index in [0.29, 0.717) is 18.5 Å². The predicted octanol–water partition coefficient (Wildman–Crippen LogP) is 1.23. The fourth-order valence-corrected chi connectivity index (χ4v) is 2.74. The zero-order chi connectivity index (χ0) is 13.9. The highest BCUT2D eigenvalue weighted by Gasteiger charge is 2.35. The van der Waals surface area contributed by atoms with Crippen LogP contribution in [0.5, 0.6) is 0 Å². The Bertz CT molecular complexity index is 309. The number of carbonyl (C=O) groups excluding carboxylic acids is 1. The van der Waals surface area contributed by atoms with E-state index < -0.39 is 12.0 Å². The number of rotatable bonds is 5. The van der Waals surface area contributed by atoms with E-state index in [4.69, 9.17) is 5.11 Å². The van der Waals surface area contributed by atoms with Gasteiger partial charge in [-0.1, -0.05) is 6.92 Å². The number of nitrogens with one attached hydrogen (secondary N) is 1. The fraction of sp³-hybridized carbons (Fsp3) is 0.846. The minimum absolute atomic E-state index is 0.190. The average Bonchev–Trinajstić information content (AvgIpc) is 2.64. The monoisotopic (exact) mass is 256 g/mol. The van der Waals surface area contributed by atoms with Gasteiger partial charge in [-0.3, -0.25) is 9.69 Å². The molecule has 104 valence electrons. The molecule has 0 aliphatic carbocycles. The third kappa shape index (κ3) is 3.22. The molecule has 1 amide bonds. The summed E-state index contributed by atoms with van der Waals surface area (Å²) < 4.78 is 0. The number of hydrogen-bond donors (Lipinski definition) is 2. The summed E-state index contributed by atoms with van der Waals surface area (Å²) in [6.07, 6.45) is 2.59. The van der Waals surface area contributed by atoms with E-state index in [2.05, 4.69) is 24.1 Å². The second-order valence-corrected chi connectivity index (χ2v) is 5.21. The van der Waals surface area contributed by atoms with Gasteiger partial charge in [0.25, 0.3) is 0 Å². The van der Waals surface area contributed by atoms with Gasteiger partial charge in [0, 0.05) is 12.1 Å². The molecule has 1 aliphatic rings. The van der Waals surface area contributed by atoms with Gasteiger partial charge >= 0.3 is 5.97 Å². The van der Waals surface area contributed by atoms with Crippen molar-refractivity contribution in [3.05, 3.63) is 0 Å². The van der Waals surface area contributed by atoms with Crippen LogP contribution >= 0.6 is 0 Å². The molecule has 1 fully saturated rings. The van der Waals surface area contributed by atoms with Crippen LogP contribution in [-0.4, -0.2) is 46.1 Å². The van der Waals surface area contributed by atoms with E-state index in [1.807, 2.05) is 6.92 Å². The maximum Gasteiger partial charge on any atom is 0.326 e. The molecule has 0 bridgehead atoms. The number of carboxylic acids is 1. The predicted molar refractivity (Wildman–Crippen MR) is 69.3 cm³/mol. The molecule has 18 heavy (non-hydrogen) atoms. The second kappa shape index (κ2) is 6.18. The molecule has 5 nitrogen and oxygen atoms in total. The molecule has 0 aromatic carbocycles. The number of amides is 1. The number of hydrogen-bond acceptors (Lipinski definition) is 3. The first kappa shape index (κ1) is 15.0. The molecule has 1 heterocycles. The van der Waals surface area contributed by atoms with Crippen molar-refractivity contribution in [1.29, 1.82) is 0 Å². The number of aliphatic carboxylic acids is 1. The zero-order valence-corrected chi connectivity index (χ0v) is 11.6. The quantitative estimate of drug-likeness (QED) is 0.776. The summed E-state index contributed by atoms with van der Waals surface area (Å²) in [5.41, 5.74) is 0. The minimum Gasteiger partial charge on any atom is -0.480 e. The van der Waals surface area contributed by atoms with Crippen molar-refractivity contribution in [2.75, 3.05) is 0 Å². The zero-order valence-electron chi connectivity index (χ0n) is 11.6. The molecule has 3 unspecified atom stereocenters. The maximum absolute atomic E-state index is 12.1. The van der Waals surface area contributed by atoms with Crippen LogP contribution in [0.25, 0.3) is 0 Å². The van der Waals surface area contributed by atoms with E-state index in [1.54, 1.807) is 6.92 Å². The normalized spacial score (nSPS) is 27.8. The van der Waals surface area contributed by atoms with Gasteiger partial charge in [-0.05, 0) is 40.0 Å². The van der Waals surface area contributed by atoms with Crippen LogP contribution in [0.4, 0.5) is 0 Å². The topological polar surface area (TPSA) is 69.6 Å². The Kier molecular flexibility index (Phi) is 5.14. The van der Waals surface area contributed by atoms with Gasteiger partial charge in [0.2, 0.25) is 5.91 Å². The SMILES string of the molecule is CC[C@H](NC(=O)C(C)N1C(C)CCC1C)C(=O)O. The van der Waals surface area contributed by atoms with Crippen LogP contribution in [0.3, 0.4) is 0 Å². The summed E-state index contributed by atoms with van der Waals surface area (Å²) >= 11 is 0. The summed E-state index contributed by atoms with van der Waals surface area (Å²) in [4.78, 5) is 25.2. The van der Waals surface area contributed by atoms with Crippen LogP contribution in [0.15, 0.2) is 0 Å². The summed E-state index contributed by atoms with van der Waals surface area (Å²) in [5.74, 6) is -1.16.